The van der Waals surface area contributed by atoms with Gasteiger partial charge in [0, 0.05) is 21.5 Å². The molecule has 6 aromatic carbocycles. The van der Waals surface area contributed by atoms with Gasteiger partial charge in [-0.05, 0) is 35.4 Å². The van der Waals surface area contributed by atoms with E-state index in [-0.39, 0.29) is 67.8 Å². The topological polar surface area (TPSA) is 281 Å². The van der Waals surface area contributed by atoms with Crippen molar-refractivity contribution in [2.24, 2.45) is 20.5 Å². The number of hydrogen-bond acceptors (Lipinski definition) is 14. The molecule has 0 spiro atoms. The van der Waals surface area contributed by atoms with Crippen molar-refractivity contribution in [3.63, 3.8) is 0 Å². The third kappa shape index (κ3) is 6.37. The van der Waals surface area contributed by atoms with Gasteiger partial charge in [-0.3, -0.25) is 9.11 Å². The first kappa shape index (κ1) is 35.5. The lowest BCUT2D eigenvalue weighted by Gasteiger charge is -2.14. The second-order valence-electron chi connectivity index (χ2n) is 11.2. The standard InChI is InChI=1S/C34H30N8O8S2/c1-49-25-15-17(11-13-23(25)39-41-31-27(35)19-7-3-5-9-21(19)33(29(31)37)51(43,44)45)18-12-14-24(26(16-18)50-2)40-42-32-28(36)20-8-4-6-10-22(20)34(30(32)38)52(46,47)48/h3-16H,35-38H2,1-2H3,(H,43,44,45)(H,46,47,48). The first-order valence-corrected chi connectivity index (χ1v) is 17.9. The van der Waals surface area contributed by atoms with Crippen LogP contribution >= 0.6 is 0 Å². The molecule has 0 aliphatic rings. The van der Waals surface area contributed by atoms with Crippen LogP contribution in [-0.2, 0) is 20.2 Å². The van der Waals surface area contributed by atoms with E-state index in [1.165, 1.54) is 26.4 Å². The molecule has 10 N–H and O–H groups in total. The van der Waals surface area contributed by atoms with Crippen LogP contribution in [0.4, 0.5) is 45.5 Å². The fourth-order valence-electron chi connectivity index (χ4n) is 5.74. The van der Waals surface area contributed by atoms with E-state index in [9.17, 15) is 25.9 Å². The van der Waals surface area contributed by atoms with Crippen molar-refractivity contribution in [1.82, 2.24) is 0 Å². The van der Waals surface area contributed by atoms with Crippen molar-refractivity contribution in [2.75, 3.05) is 37.2 Å². The van der Waals surface area contributed by atoms with E-state index in [0.717, 1.165) is 0 Å². The van der Waals surface area contributed by atoms with Gasteiger partial charge in [-0.25, -0.2) is 0 Å². The fourth-order valence-corrected chi connectivity index (χ4v) is 7.40. The number of methoxy groups -OCH3 is 2. The van der Waals surface area contributed by atoms with Crippen molar-refractivity contribution >= 4 is 87.3 Å². The number of hydrogen-bond donors (Lipinski definition) is 6. The Morgan fingerprint density at radius 2 is 0.846 bits per heavy atom. The largest absolute Gasteiger partial charge is 0.494 e. The van der Waals surface area contributed by atoms with Crippen LogP contribution in [-0.4, -0.2) is 40.2 Å². The minimum Gasteiger partial charge on any atom is -0.494 e. The monoisotopic (exact) mass is 742 g/mol. The molecule has 18 heteroatoms. The predicted molar refractivity (Wildman–Crippen MR) is 199 cm³/mol. The molecule has 0 heterocycles. The van der Waals surface area contributed by atoms with Crippen LogP contribution in [0.25, 0.3) is 32.7 Å². The summed E-state index contributed by atoms with van der Waals surface area (Å²) in [5.41, 5.74) is 25.8. The molecule has 0 fully saturated rings. The minimum atomic E-state index is -4.75. The second kappa shape index (κ2) is 13.4. The number of azo groups is 2. The Balaban J connectivity index is 1.35. The summed E-state index contributed by atoms with van der Waals surface area (Å²) < 4.78 is 79.9. The number of ether oxygens (including phenoxy) is 2. The molecule has 16 nitrogen and oxygen atoms in total. The van der Waals surface area contributed by atoms with E-state index < -0.39 is 30.0 Å². The van der Waals surface area contributed by atoms with Gasteiger partial charge in [0.2, 0.25) is 0 Å². The summed E-state index contributed by atoms with van der Waals surface area (Å²) in [7, 11) is -6.65. The molecule has 0 atom stereocenters. The molecule has 6 aromatic rings. The van der Waals surface area contributed by atoms with Crippen LogP contribution in [0.1, 0.15) is 0 Å². The normalized spacial score (nSPS) is 12.3. The average Bonchev–Trinajstić information content (AvgIpc) is 3.10. The Morgan fingerprint density at radius 3 is 1.17 bits per heavy atom. The first-order valence-electron chi connectivity index (χ1n) is 15.0. The Morgan fingerprint density at radius 1 is 0.500 bits per heavy atom. The van der Waals surface area contributed by atoms with Gasteiger partial charge in [0.25, 0.3) is 20.2 Å². The van der Waals surface area contributed by atoms with Gasteiger partial charge in [-0.15, -0.1) is 20.5 Å². The molecule has 0 aliphatic heterocycles. The lowest BCUT2D eigenvalue weighted by molar-refractivity contribution is 0.415. The van der Waals surface area contributed by atoms with Crippen LogP contribution < -0.4 is 32.4 Å². The number of anilines is 4. The maximum Gasteiger partial charge on any atom is 0.297 e. The maximum atomic E-state index is 12.2. The quantitative estimate of drug-likeness (QED) is 0.0482. The molecule has 0 amide bonds. The van der Waals surface area contributed by atoms with Crippen LogP contribution in [0.2, 0.25) is 0 Å². The Labute approximate surface area is 296 Å². The van der Waals surface area contributed by atoms with E-state index in [2.05, 4.69) is 20.5 Å². The second-order valence-corrected chi connectivity index (χ2v) is 13.9. The van der Waals surface area contributed by atoms with E-state index in [4.69, 9.17) is 32.4 Å². The molecule has 0 aromatic heterocycles. The van der Waals surface area contributed by atoms with E-state index in [1.54, 1.807) is 72.8 Å². The predicted octanol–water partition coefficient (Wildman–Crippen LogP) is 7.33. The van der Waals surface area contributed by atoms with Gasteiger partial charge in [0.1, 0.15) is 44.0 Å². The highest BCUT2D eigenvalue weighted by Crippen LogP contribution is 2.46. The summed E-state index contributed by atoms with van der Waals surface area (Å²) in [4.78, 5) is -1.06. The lowest BCUT2D eigenvalue weighted by atomic mass is 10.0. The molecule has 0 unspecified atom stereocenters. The fraction of sp³-hybridized carbons (Fsp3) is 0.0588. The Hall–Kier alpha value is -6.34. The number of nitrogen functional groups attached to an aromatic ring is 4. The highest BCUT2D eigenvalue weighted by atomic mass is 32.2. The van der Waals surface area contributed by atoms with Crippen molar-refractivity contribution in [2.45, 2.75) is 9.79 Å². The van der Waals surface area contributed by atoms with E-state index in [0.29, 0.717) is 21.9 Å². The molecule has 266 valence electrons. The number of nitrogens with zero attached hydrogens (tertiary/aromatic N) is 4. The summed E-state index contributed by atoms with van der Waals surface area (Å²) in [6, 6.07) is 22.5. The average molecular weight is 743 g/mol. The number of fused-ring (bicyclic) bond motifs is 2. The molecule has 0 saturated carbocycles. The maximum absolute atomic E-state index is 12.2. The molecule has 0 bridgehead atoms. The van der Waals surface area contributed by atoms with Crippen LogP contribution in [0.15, 0.2) is 115 Å². The summed E-state index contributed by atoms with van der Waals surface area (Å²) in [5, 5.41) is 17.7. The number of benzene rings is 6. The molecule has 52 heavy (non-hydrogen) atoms. The van der Waals surface area contributed by atoms with Crippen molar-refractivity contribution in [3.05, 3.63) is 84.9 Å². The number of rotatable bonds is 9. The van der Waals surface area contributed by atoms with Crippen LogP contribution in [0.5, 0.6) is 11.5 Å². The summed E-state index contributed by atoms with van der Waals surface area (Å²) in [6.45, 7) is 0. The molecule has 0 saturated heterocycles. The summed E-state index contributed by atoms with van der Waals surface area (Å²) in [6.07, 6.45) is 0. The number of nitrogens with two attached hydrogens (primary N) is 4. The summed E-state index contributed by atoms with van der Waals surface area (Å²) in [5.74, 6) is 0.572. The molecular formula is C34H30N8O8S2. The van der Waals surface area contributed by atoms with Crippen LogP contribution in [0, 0.1) is 0 Å². The minimum absolute atomic E-state index is 0.0639. The van der Waals surface area contributed by atoms with Crippen molar-refractivity contribution in [1.29, 1.82) is 0 Å². The smallest absolute Gasteiger partial charge is 0.297 e. The lowest BCUT2D eigenvalue weighted by Crippen LogP contribution is -2.06. The summed E-state index contributed by atoms with van der Waals surface area (Å²) >= 11 is 0. The van der Waals surface area contributed by atoms with Gasteiger partial charge in [-0.2, -0.15) is 16.8 Å². The zero-order valence-electron chi connectivity index (χ0n) is 27.3. The first-order chi connectivity index (χ1) is 24.6. The Kier molecular flexibility index (Phi) is 9.15. The molecule has 0 aliphatic carbocycles. The van der Waals surface area contributed by atoms with E-state index >= 15 is 0 Å². The van der Waals surface area contributed by atoms with Gasteiger partial charge >= 0.3 is 0 Å². The van der Waals surface area contributed by atoms with Gasteiger partial charge in [-0.1, -0.05) is 60.7 Å². The molecular weight excluding hydrogens is 713 g/mol. The van der Waals surface area contributed by atoms with Crippen molar-refractivity contribution < 1.29 is 35.4 Å². The van der Waals surface area contributed by atoms with Gasteiger partial charge in [0.15, 0.2) is 0 Å². The van der Waals surface area contributed by atoms with Gasteiger partial charge in [0.05, 0.1) is 37.0 Å². The third-order valence-corrected chi connectivity index (χ3v) is 10.1. The Bertz CT molecular complexity index is 2530. The molecule has 0 radical (unpaired) electrons. The zero-order chi connectivity index (χ0) is 37.5. The highest BCUT2D eigenvalue weighted by Gasteiger charge is 2.25. The van der Waals surface area contributed by atoms with Gasteiger partial charge < -0.3 is 32.4 Å². The SMILES string of the molecule is COc1cc(-c2ccc(N=Nc3c(N)c(S(=O)(=O)O)c4ccccc4c3N)c(OC)c2)ccc1N=Nc1c(N)c(S(=O)(=O)O)c2ccccc2c1N. The van der Waals surface area contributed by atoms with Crippen LogP contribution in [0.3, 0.4) is 0 Å². The van der Waals surface area contributed by atoms with Crippen molar-refractivity contribution in [3.8, 4) is 22.6 Å². The van der Waals surface area contributed by atoms with E-state index in [1.807, 2.05) is 0 Å². The molecule has 6 rings (SSSR count). The zero-order valence-corrected chi connectivity index (χ0v) is 29.0. The highest BCUT2D eigenvalue weighted by molar-refractivity contribution is 7.86. The third-order valence-electron chi connectivity index (χ3n) is 8.16.